The number of nitriles is 1. The highest BCUT2D eigenvalue weighted by Gasteiger charge is 2.20. The molecule has 1 atom stereocenters. The van der Waals surface area contributed by atoms with Crippen LogP contribution in [-0.4, -0.2) is 18.6 Å². The summed E-state index contributed by atoms with van der Waals surface area (Å²) in [5.41, 5.74) is 3.07. The second-order valence-corrected chi connectivity index (χ2v) is 5.66. The Balaban J connectivity index is 2.17. The van der Waals surface area contributed by atoms with E-state index in [1.54, 1.807) is 0 Å². The molecule has 20 heavy (non-hydrogen) atoms. The Morgan fingerprint density at radius 3 is 2.70 bits per heavy atom. The van der Waals surface area contributed by atoms with Gasteiger partial charge in [-0.15, -0.1) is 0 Å². The lowest BCUT2D eigenvalue weighted by Gasteiger charge is -2.30. The van der Waals surface area contributed by atoms with Crippen molar-refractivity contribution in [3.05, 3.63) is 29.3 Å². The average Bonchev–Trinajstić information content (AvgIpc) is 3.30. The van der Waals surface area contributed by atoms with Crippen molar-refractivity contribution in [1.82, 2.24) is 5.32 Å². The van der Waals surface area contributed by atoms with Crippen molar-refractivity contribution < 1.29 is 0 Å². The summed E-state index contributed by atoms with van der Waals surface area (Å²) in [6.07, 6.45) is 3.67. The summed E-state index contributed by atoms with van der Waals surface area (Å²) in [5.74, 6) is 0. The first-order chi connectivity index (χ1) is 9.69. The normalized spacial score (nSPS) is 15.7. The third-order valence-corrected chi connectivity index (χ3v) is 4.13. The molecule has 3 heteroatoms. The number of anilines is 1. The standard InChI is InChI=1S/C17H25N3/c1-4-13(3)20(5-2)17-9-6-14(10-15(17)11-18)12-19-16-7-8-16/h6,9-10,13,16,19H,4-5,7-8,12H2,1-3H3. The Labute approximate surface area is 122 Å². The van der Waals surface area contributed by atoms with Gasteiger partial charge < -0.3 is 10.2 Å². The van der Waals surface area contributed by atoms with Crippen LogP contribution in [0.2, 0.25) is 0 Å². The summed E-state index contributed by atoms with van der Waals surface area (Å²) in [5, 5.41) is 12.9. The molecule has 0 heterocycles. The molecule has 1 aliphatic rings. The Morgan fingerprint density at radius 1 is 1.40 bits per heavy atom. The summed E-state index contributed by atoms with van der Waals surface area (Å²) in [6, 6.07) is 9.82. The molecule has 2 rings (SSSR count). The van der Waals surface area contributed by atoms with Gasteiger partial charge in [-0.05, 0) is 50.8 Å². The molecule has 0 amide bonds. The number of nitrogens with zero attached hydrogens (tertiary/aromatic N) is 2. The van der Waals surface area contributed by atoms with Crippen LogP contribution >= 0.6 is 0 Å². The summed E-state index contributed by atoms with van der Waals surface area (Å²) in [6.45, 7) is 8.36. The first kappa shape index (κ1) is 14.9. The quantitative estimate of drug-likeness (QED) is 0.825. The lowest BCUT2D eigenvalue weighted by molar-refractivity contribution is 0.629. The molecular weight excluding hydrogens is 246 g/mol. The van der Waals surface area contributed by atoms with Crippen LogP contribution in [0.5, 0.6) is 0 Å². The predicted octanol–water partition coefficient (Wildman–Crippen LogP) is 3.44. The van der Waals surface area contributed by atoms with Gasteiger partial charge >= 0.3 is 0 Å². The van der Waals surface area contributed by atoms with Crippen molar-refractivity contribution in [2.45, 2.75) is 58.7 Å². The van der Waals surface area contributed by atoms with Gasteiger partial charge in [0, 0.05) is 25.2 Å². The van der Waals surface area contributed by atoms with Crippen molar-refractivity contribution in [3.63, 3.8) is 0 Å². The Kier molecular flexibility index (Phi) is 5.03. The molecule has 0 aromatic heterocycles. The highest BCUT2D eigenvalue weighted by Crippen LogP contribution is 2.25. The Bertz CT molecular complexity index is 485. The van der Waals surface area contributed by atoms with E-state index in [0.29, 0.717) is 12.1 Å². The van der Waals surface area contributed by atoms with E-state index in [1.807, 2.05) is 6.07 Å². The number of rotatable bonds is 7. The molecule has 0 bridgehead atoms. The molecule has 1 aromatic carbocycles. The lowest BCUT2D eigenvalue weighted by atomic mass is 10.1. The minimum Gasteiger partial charge on any atom is -0.368 e. The van der Waals surface area contributed by atoms with Gasteiger partial charge in [0.05, 0.1) is 11.3 Å². The SMILES string of the molecule is CCC(C)N(CC)c1ccc(CNC2CC2)cc1C#N. The summed E-state index contributed by atoms with van der Waals surface area (Å²) in [7, 11) is 0. The molecule has 1 fully saturated rings. The van der Waals surface area contributed by atoms with Crippen LogP contribution in [0.15, 0.2) is 18.2 Å². The van der Waals surface area contributed by atoms with E-state index in [1.165, 1.54) is 18.4 Å². The van der Waals surface area contributed by atoms with E-state index in [-0.39, 0.29) is 0 Å². The first-order valence-electron chi connectivity index (χ1n) is 7.72. The third-order valence-electron chi connectivity index (χ3n) is 4.13. The maximum Gasteiger partial charge on any atom is 0.101 e. The van der Waals surface area contributed by atoms with E-state index in [2.05, 4.69) is 49.2 Å². The van der Waals surface area contributed by atoms with Crippen molar-refractivity contribution in [2.24, 2.45) is 0 Å². The zero-order valence-corrected chi connectivity index (χ0v) is 12.8. The van der Waals surface area contributed by atoms with Crippen LogP contribution < -0.4 is 10.2 Å². The molecule has 1 N–H and O–H groups in total. The molecule has 3 nitrogen and oxygen atoms in total. The van der Waals surface area contributed by atoms with Crippen molar-refractivity contribution in [3.8, 4) is 6.07 Å². The molecule has 0 spiro atoms. The van der Waals surface area contributed by atoms with E-state index in [0.717, 1.165) is 30.8 Å². The Morgan fingerprint density at radius 2 is 2.15 bits per heavy atom. The van der Waals surface area contributed by atoms with Gasteiger partial charge in [-0.2, -0.15) is 5.26 Å². The van der Waals surface area contributed by atoms with Crippen molar-refractivity contribution in [1.29, 1.82) is 5.26 Å². The Hall–Kier alpha value is -1.53. The lowest BCUT2D eigenvalue weighted by Crippen LogP contribution is -2.32. The second kappa shape index (κ2) is 6.76. The predicted molar refractivity (Wildman–Crippen MR) is 83.8 cm³/mol. The largest absolute Gasteiger partial charge is 0.368 e. The molecule has 0 radical (unpaired) electrons. The molecular formula is C17H25N3. The highest BCUT2D eigenvalue weighted by molar-refractivity contribution is 5.61. The number of benzene rings is 1. The minimum absolute atomic E-state index is 0.461. The van der Waals surface area contributed by atoms with Gasteiger partial charge in [-0.1, -0.05) is 13.0 Å². The smallest absolute Gasteiger partial charge is 0.101 e. The van der Waals surface area contributed by atoms with Gasteiger partial charge in [0.2, 0.25) is 0 Å². The van der Waals surface area contributed by atoms with Crippen molar-refractivity contribution >= 4 is 5.69 Å². The first-order valence-corrected chi connectivity index (χ1v) is 7.72. The fourth-order valence-corrected chi connectivity index (χ4v) is 2.52. The number of hydrogen-bond donors (Lipinski definition) is 1. The fourth-order valence-electron chi connectivity index (χ4n) is 2.52. The van der Waals surface area contributed by atoms with Crippen LogP contribution in [0.3, 0.4) is 0 Å². The third kappa shape index (κ3) is 3.52. The van der Waals surface area contributed by atoms with Gasteiger partial charge in [0.15, 0.2) is 0 Å². The van der Waals surface area contributed by atoms with E-state index >= 15 is 0 Å². The van der Waals surface area contributed by atoms with Gasteiger partial charge in [-0.25, -0.2) is 0 Å². The van der Waals surface area contributed by atoms with Crippen LogP contribution in [0.1, 0.15) is 51.2 Å². The van der Waals surface area contributed by atoms with Gasteiger partial charge in [0.25, 0.3) is 0 Å². The maximum absolute atomic E-state index is 9.43. The minimum atomic E-state index is 0.461. The molecule has 1 aliphatic carbocycles. The topological polar surface area (TPSA) is 39.1 Å². The van der Waals surface area contributed by atoms with Crippen LogP contribution in [0, 0.1) is 11.3 Å². The van der Waals surface area contributed by atoms with Crippen LogP contribution in [0.25, 0.3) is 0 Å². The summed E-state index contributed by atoms with van der Waals surface area (Å²) in [4.78, 5) is 2.32. The van der Waals surface area contributed by atoms with Crippen LogP contribution in [-0.2, 0) is 6.54 Å². The average molecular weight is 271 g/mol. The number of hydrogen-bond acceptors (Lipinski definition) is 3. The van der Waals surface area contributed by atoms with Gasteiger partial charge in [0.1, 0.15) is 6.07 Å². The highest BCUT2D eigenvalue weighted by atomic mass is 15.2. The maximum atomic E-state index is 9.43. The van der Waals surface area contributed by atoms with Gasteiger partial charge in [-0.3, -0.25) is 0 Å². The molecule has 1 saturated carbocycles. The fraction of sp³-hybridized carbons (Fsp3) is 0.588. The molecule has 1 aromatic rings. The second-order valence-electron chi connectivity index (χ2n) is 5.66. The summed E-state index contributed by atoms with van der Waals surface area (Å²) >= 11 is 0. The van der Waals surface area contributed by atoms with E-state index in [9.17, 15) is 5.26 Å². The van der Waals surface area contributed by atoms with E-state index in [4.69, 9.17) is 0 Å². The molecule has 0 saturated heterocycles. The van der Waals surface area contributed by atoms with Crippen molar-refractivity contribution in [2.75, 3.05) is 11.4 Å². The molecule has 1 unspecified atom stereocenters. The summed E-state index contributed by atoms with van der Waals surface area (Å²) < 4.78 is 0. The van der Waals surface area contributed by atoms with E-state index < -0.39 is 0 Å². The molecule has 108 valence electrons. The zero-order chi connectivity index (χ0) is 14.5. The zero-order valence-electron chi connectivity index (χ0n) is 12.8. The van der Waals surface area contributed by atoms with Crippen LogP contribution in [0.4, 0.5) is 5.69 Å². The monoisotopic (exact) mass is 271 g/mol. The number of nitrogens with one attached hydrogen (secondary N) is 1. The molecule has 0 aliphatic heterocycles.